The van der Waals surface area contributed by atoms with Crippen LogP contribution in [0.15, 0.2) is 79.0 Å². The minimum atomic E-state index is -1.08. The molecule has 0 aliphatic carbocycles. The quantitative estimate of drug-likeness (QED) is 0.401. The Balaban J connectivity index is 0.00000241. The molecule has 1 saturated heterocycles. The zero-order valence-electron chi connectivity index (χ0n) is 20.3. The third-order valence-electron chi connectivity index (χ3n) is 6.10. The molecule has 0 bridgehead atoms. The maximum absolute atomic E-state index is 13.2. The minimum absolute atomic E-state index is 0. The number of carbonyl (C=O) groups excluding carboxylic acids is 3. The number of hydrogen-bond donors (Lipinski definition) is 2. The smallest absolute Gasteiger partial charge is 0.287 e. The number of carbonyl (C=O) groups is 3. The maximum Gasteiger partial charge on any atom is 0.287 e. The molecule has 2 heterocycles. The number of nitrogens with zero attached hydrogens (tertiary/aromatic N) is 3. The monoisotopic (exact) mass is 543 g/mol. The van der Waals surface area contributed by atoms with Gasteiger partial charge in [-0.2, -0.15) is 0 Å². The van der Waals surface area contributed by atoms with Crippen LogP contribution in [0.2, 0.25) is 0 Å². The highest BCUT2D eigenvalue weighted by Crippen LogP contribution is 2.20. The lowest BCUT2D eigenvalue weighted by Gasteiger charge is -2.36. The van der Waals surface area contributed by atoms with Crippen LogP contribution in [-0.4, -0.2) is 59.7 Å². The predicted molar refractivity (Wildman–Crippen MR) is 148 cm³/mol. The molecular weight excluding hydrogens is 513 g/mol. The average Bonchev–Trinajstić information content (AvgIpc) is 2.89. The van der Waals surface area contributed by atoms with Crippen molar-refractivity contribution in [2.45, 2.75) is 19.0 Å². The van der Waals surface area contributed by atoms with E-state index in [0.29, 0.717) is 11.4 Å². The van der Waals surface area contributed by atoms with Gasteiger partial charge in [0.1, 0.15) is 11.9 Å². The number of nitrogens with two attached hydrogens (primary N) is 1. The zero-order chi connectivity index (χ0) is 24.6. The summed E-state index contributed by atoms with van der Waals surface area (Å²) in [5.41, 5.74) is 7.69. The number of anilines is 1. The van der Waals surface area contributed by atoms with Gasteiger partial charge in [0, 0.05) is 45.3 Å². The van der Waals surface area contributed by atoms with Crippen LogP contribution in [0, 0.1) is 0 Å². The zero-order valence-corrected chi connectivity index (χ0v) is 21.9. The fraction of sp³-hybridized carbons (Fsp3) is 0.259. The average molecular weight is 544 g/mol. The second-order valence-electron chi connectivity index (χ2n) is 8.57. The van der Waals surface area contributed by atoms with Gasteiger partial charge in [0.05, 0.1) is 5.56 Å². The Kier molecular flexibility index (Phi) is 11.5. The normalized spacial score (nSPS) is 14.0. The van der Waals surface area contributed by atoms with Crippen molar-refractivity contribution in [1.82, 2.24) is 15.2 Å². The number of pyridine rings is 1. The third-order valence-corrected chi connectivity index (χ3v) is 6.10. The van der Waals surface area contributed by atoms with Crippen molar-refractivity contribution in [1.29, 1.82) is 0 Å². The van der Waals surface area contributed by atoms with Crippen LogP contribution < -0.4 is 16.0 Å². The molecule has 2 amide bonds. The molecule has 8 nitrogen and oxygen atoms in total. The van der Waals surface area contributed by atoms with Crippen molar-refractivity contribution in [3.05, 3.63) is 95.7 Å². The van der Waals surface area contributed by atoms with Gasteiger partial charge in [-0.05, 0) is 23.3 Å². The molecule has 2 aromatic carbocycles. The van der Waals surface area contributed by atoms with Gasteiger partial charge >= 0.3 is 0 Å². The summed E-state index contributed by atoms with van der Waals surface area (Å²) < 4.78 is 0. The molecule has 196 valence electrons. The number of ketones is 1. The van der Waals surface area contributed by atoms with Gasteiger partial charge in [-0.25, -0.2) is 4.98 Å². The Morgan fingerprint density at radius 2 is 1.43 bits per heavy atom. The Morgan fingerprint density at radius 1 is 0.838 bits per heavy atom. The van der Waals surface area contributed by atoms with Gasteiger partial charge in [-0.3, -0.25) is 19.3 Å². The van der Waals surface area contributed by atoms with Gasteiger partial charge in [-0.15, -0.1) is 24.8 Å². The summed E-state index contributed by atoms with van der Waals surface area (Å²) in [6.07, 6.45) is 1.82. The summed E-state index contributed by atoms with van der Waals surface area (Å²) >= 11 is 0. The lowest BCUT2D eigenvalue weighted by Crippen LogP contribution is -2.49. The summed E-state index contributed by atoms with van der Waals surface area (Å²) in [4.78, 5) is 46.3. The molecular formula is C27H31Cl2N5O3. The first-order valence-electron chi connectivity index (χ1n) is 11.7. The third kappa shape index (κ3) is 8.01. The number of aromatic nitrogens is 1. The summed E-state index contributed by atoms with van der Waals surface area (Å²) in [5, 5.41) is 2.72. The van der Waals surface area contributed by atoms with E-state index in [2.05, 4.69) is 32.2 Å². The van der Waals surface area contributed by atoms with Crippen molar-refractivity contribution in [3.63, 3.8) is 0 Å². The summed E-state index contributed by atoms with van der Waals surface area (Å²) in [5.74, 6) is -1.81. The molecule has 1 aliphatic rings. The maximum atomic E-state index is 13.2. The van der Waals surface area contributed by atoms with E-state index in [1.165, 1.54) is 5.56 Å². The SMILES string of the molecule is Cl.Cl.NC(=O)C(=O)C(Cc1ccccc1)NC(=O)c1cccnc1N1CCN(Cc2ccccc2)CC1. The van der Waals surface area contributed by atoms with E-state index in [4.69, 9.17) is 5.73 Å². The number of Topliss-reactive ketones (excluding diaryl/α,β-unsaturated/α-hetero) is 1. The van der Waals surface area contributed by atoms with Gasteiger partial charge in [0.25, 0.3) is 11.8 Å². The molecule has 37 heavy (non-hydrogen) atoms. The van der Waals surface area contributed by atoms with Crippen LogP contribution in [0.3, 0.4) is 0 Å². The van der Waals surface area contributed by atoms with E-state index in [9.17, 15) is 14.4 Å². The minimum Gasteiger partial charge on any atom is -0.363 e. The predicted octanol–water partition coefficient (Wildman–Crippen LogP) is 2.64. The van der Waals surface area contributed by atoms with Gasteiger partial charge < -0.3 is 16.0 Å². The van der Waals surface area contributed by atoms with Gasteiger partial charge in [-0.1, -0.05) is 60.7 Å². The molecule has 3 N–H and O–H groups in total. The van der Waals surface area contributed by atoms with E-state index in [1.54, 1.807) is 18.3 Å². The van der Waals surface area contributed by atoms with Crippen molar-refractivity contribution in [3.8, 4) is 0 Å². The van der Waals surface area contributed by atoms with E-state index in [1.807, 2.05) is 48.5 Å². The topological polar surface area (TPSA) is 109 Å². The second kappa shape index (κ2) is 14.3. The molecule has 1 aromatic heterocycles. The molecule has 0 spiro atoms. The van der Waals surface area contributed by atoms with Crippen LogP contribution in [0.4, 0.5) is 5.82 Å². The Labute approximate surface area is 229 Å². The number of rotatable bonds is 9. The first kappa shape index (κ1) is 29.8. The Bertz CT molecular complexity index is 1170. The van der Waals surface area contributed by atoms with Crippen LogP contribution in [0.25, 0.3) is 0 Å². The van der Waals surface area contributed by atoms with E-state index >= 15 is 0 Å². The Hall–Kier alpha value is -3.46. The molecule has 1 fully saturated rings. The standard InChI is InChI=1S/C27H29N5O3.2ClH/c28-25(34)24(33)23(18-20-8-3-1-4-9-20)30-27(35)22-12-7-13-29-26(22)32-16-14-31(15-17-32)19-21-10-5-2-6-11-21;;/h1-13,23H,14-19H2,(H2,28,34)(H,30,35);2*1H. The molecule has 1 unspecified atom stereocenters. The van der Waals surface area contributed by atoms with E-state index in [0.717, 1.165) is 38.3 Å². The van der Waals surface area contributed by atoms with Crippen LogP contribution >= 0.6 is 24.8 Å². The summed E-state index contributed by atoms with van der Waals surface area (Å²) in [6.45, 7) is 3.99. The lowest BCUT2D eigenvalue weighted by molar-refractivity contribution is -0.137. The fourth-order valence-corrected chi connectivity index (χ4v) is 4.25. The molecule has 1 aliphatic heterocycles. The number of benzene rings is 2. The summed E-state index contributed by atoms with van der Waals surface area (Å²) in [7, 11) is 0. The van der Waals surface area contributed by atoms with Gasteiger partial charge in [0.15, 0.2) is 0 Å². The van der Waals surface area contributed by atoms with E-state index in [-0.39, 0.29) is 31.2 Å². The number of amides is 2. The lowest BCUT2D eigenvalue weighted by atomic mass is 10.0. The molecule has 4 rings (SSSR count). The number of hydrogen-bond acceptors (Lipinski definition) is 6. The highest BCUT2D eigenvalue weighted by Gasteiger charge is 2.28. The largest absolute Gasteiger partial charge is 0.363 e. The molecule has 1 atom stereocenters. The van der Waals surface area contributed by atoms with Crippen LogP contribution in [0.5, 0.6) is 0 Å². The number of piperazine rings is 1. The molecule has 0 saturated carbocycles. The van der Waals surface area contributed by atoms with Crippen LogP contribution in [-0.2, 0) is 22.6 Å². The van der Waals surface area contributed by atoms with Crippen molar-refractivity contribution < 1.29 is 14.4 Å². The van der Waals surface area contributed by atoms with E-state index < -0.39 is 23.6 Å². The van der Waals surface area contributed by atoms with Crippen LogP contribution in [0.1, 0.15) is 21.5 Å². The van der Waals surface area contributed by atoms with Gasteiger partial charge in [0.2, 0.25) is 5.78 Å². The first-order chi connectivity index (χ1) is 17.0. The van der Waals surface area contributed by atoms with Crippen molar-refractivity contribution in [2.75, 3.05) is 31.1 Å². The highest BCUT2D eigenvalue weighted by atomic mass is 35.5. The number of nitrogens with one attached hydrogen (secondary N) is 1. The first-order valence-corrected chi connectivity index (χ1v) is 11.7. The molecule has 0 radical (unpaired) electrons. The molecule has 3 aromatic rings. The van der Waals surface area contributed by atoms with Crippen molar-refractivity contribution in [2.24, 2.45) is 5.73 Å². The fourth-order valence-electron chi connectivity index (χ4n) is 4.25. The van der Waals surface area contributed by atoms with Crippen molar-refractivity contribution >= 4 is 48.2 Å². The summed E-state index contributed by atoms with van der Waals surface area (Å²) in [6, 6.07) is 21.8. The highest BCUT2D eigenvalue weighted by molar-refractivity contribution is 6.38. The molecule has 10 heteroatoms. The number of halogens is 2. The second-order valence-corrected chi connectivity index (χ2v) is 8.57. The Morgan fingerprint density at radius 3 is 2.03 bits per heavy atom. The number of primary amides is 1.